The number of ether oxygens (including phenoxy) is 1. The molecule has 1 fully saturated rings. The van der Waals surface area contributed by atoms with Crippen molar-refractivity contribution >= 4 is 39.7 Å². The lowest BCUT2D eigenvalue weighted by molar-refractivity contribution is -0.119. The molecule has 1 atom stereocenters. The zero-order valence-electron chi connectivity index (χ0n) is 13.9. The monoisotopic (exact) mass is 357 g/mol. The van der Waals surface area contributed by atoms with Gasteiger partial charge < -0.3 is 14.6 Å². The van der Waals surface area contributed by atoms with Crippen LogP contribution in [0.15, 0.2) is 29.4 Å². The molecule has 1 saturated heterocycles. The van der Waals surface area contributed by atoms with E-state index in [4.69, 9.17) is 4.74 Å². The first kappa shape index (κ1) is 16.3. The van der Waals surface area contributed by atoms with Crippen molar-refractivity contribution in [1.82, 2.24) is 25.1 Å². The molecule has 1 aliphatic heterocycles. The van der Waals surface area contributed by atoms with Gasteiger partial charge in [0.05, 0.1) is 17.4 Å². The molecular formula is C17H19N5O2S. The van der Waals surface area contributed by atoms with E-state index in [2.05, 4.69) is 20.5 Å². The summed E-state index contributed by atoms with van der Waals surface area (Å²) >= 11 is 1.29. The first-order chi connectivity index (χ1) is 12.2. The van der Waals surface area contributed by atoms with Crippen LogP contribution < -0.4 is 5.32 Å². The molecular weight excluding hydrogens is 338 g/mol. The Kier molecular flexibility index (Phi) is 4.54. The lowest BCUT2D eigenvalue weighted by Gasteiger charge is -2.10. The quantitative estimate of drug-likeness (QED) is 0.703. The Bertz CT molecular complexity index is 920. The van der Waals surface area contributed by atoms with Crippen LogP contribution in [0.5, 0.6) is 0 Å². The maximum atomic E-state index is 12.0. The Morgan fingerprint density at radius 2 is 2.28 bits per heavy atom. The molecule has 1 aliphatic rings. The van der Waals surface area contributed by atoms with Gasteiger partial charge in [-0.25, -0.2) is 4.98 Å². The summed E-state index contributed by atoms with van der Waals surface area (Å²) in [4.78, 5) is 16.5. The fraction of sp³-hybridized carbons (Fsp3) is 0.412. The predicted octanol–water partition coefficient (Wildman–Crippen LogP) is 1.90. The van der Waals surface area contributed by atoms with Crippen LogP contribution in [0.25, 0.3) is 22.1 Å². The number of hydrogen-bond donors (Lipinski definition) is 1. The molecule has 8 heteroatoms. The van der Waals surface area contributed by atoms with Crippen LogP contribution in [-0.4, -0.2) is 50.7 Å². The molecule has 130 valence electrons. The van der Waals surface area contributed by atoms with E-state index in [0.29, 0.717) is 11.7 Å². The number of nitrogens with one attached hydrogen (secondary N) is 1. The number of benzene rings is 1. The van der Waals surface area contributed by atoms with Crippen LogP contribution in [0.4, 0.5) is 0 Å². The lowest BCUT2D eigenvalue weighted by atomic mass is 10.2. The van der Waals surface area contributed by atoms with Crippen LogP contribution in [0, 0.1) is 0 Å². The van der Waals surface area contributed by atoms with Crippen LogP contribution in [0.3, 0.4) is 0 Å². The predicted molar refractivity (Wildman–Crippen MR) is 96.5 cm³/mol. The van der Waals surface area contributed by atoms with Crippen LogP contribution in [0.1, 0.15) is 12.8 Å². The summed E-state index contributed by atoms with van der Waals surface area (Å²) in [5.41, 5.74) is 2.62. The Hall–Kier alpha value is -2.19. The third kappa shape index (κ3) is 3.32. The number of thioether (sulfide) groups is 1. The Balaban J connectivity index is 1.44. The van der Waals surface area contributed by atoms with Gasteiger partial charge in [-0.15, -0.1) is 10.2 Å². The maximum absolute atomic E-state index is 12.0. The number of hydrogen-bond acceptors (Lipinski definition) is 6. The summed E-state index contributed by atoms with van der Waals surface area (Å²) in [5, 5.41) is 12.9. The average Bonchev–Trinajstić information content (AvgIpc) is 3.26. The summed E-state index contributed by atoms with van der Waals surface area (Å²) < 4.78 is 7.50. The molecule has 4 rings (SSSR count). The zero-order chi connectivity index (χ0) is 17.2. The standard InChI is InChI=1S/C17H19N5O2S/c1-22-13-7-3-2-6-12(13)15-16(22)19-17(21-20-15)25-10-14(23)18-9-11-5-4-8-24-11/h2-3,6-7,11H,4-5,8-10H2,1H3,(H,18,23)/t11-/m1/s1. The van der Waals surface area contributed by atoms with Crippen molar-refractivity contribution in [3.8, 4) is 0 Å². The van der Waals surface area contributed by atoms with Gasteiger partial charge in [-0.05, 0) is 18.9 Å². The molecule has 25 heavy (non-hydrogen) atoms. The maximum Gasteiger partial charge on any atom is 0.230 e. The second-order valence-corrected chi connectivity index (χ2v) is 7.01. The summed E-state index contributed by atoms with van der Waals surface area (Å²) in [6.07, 6.45) is 2.23. The number of nitrogens with zero attached hydrogens (tertiary/aromatic N) is 4. The number of aromatic nitrogens is 4. The largest absolute Gasteiger partial charge is 0.376 e. The second-order valence-electron chi connectivity index (χ2n) is 6.07. The number of carbonyl (C=O) groups is 1. The summed E-state index contributed by atoms with van der Waals surface area (Å²) in [7, 11) is 1.96. The van der Waals surface area contributed by atoms with Crippen molar-refractivity contribution in [3.63, 3.8) is 0 Å². The third-order valence-corrected chi connectivity index (χ3v) is 5.21. The van der Waals surface area contributed by atoms with Gasteiger partial charge in [-0.3, -0.25) is 4.79 Å². The van der Waals surface area contributed by atoms with Crippen molar-refractivity contribution in [3.05, 3.63) is 24.3 Å². The molecule has 7 nitrogen and oxygen atoms in total. The molecule has 1 N–H and O–H groups in total. The SMILES string of the molecule is Cn1c2ccccc2c2nnc(SCC(=O)NC[C@H]3CCCO3)nc21. The second kappa shape index (κ2) is 6.97. The molecule has 1 amide bonds. The van der Waals surface area contributed by atoms with E-state index < -0.39 is 0 Å². The molecule has 0 aliphatic carbocycles. The van der Waals surface area contributed by atoms with Crippen molar-refractivity contribution in [2.45, 2.75) is 24.1 Å². The summed E-state index contributed by atoms with van der Waals surface area (Å²) in [6.45, 7) is 1.36. The van der Waals surface area contributed by atoms with Crippen LogP contribution >= 0.6 is 11.8 Å². The van der Waals surface area contributed by atoms with Gasteiger partial charge in [-0.2, -0.15) is 0 Å². The number of aryl methyl sites for hydroxylation is 1. The highest BCUT2D eigenvalue weighted by Gasteiger charge is 2.17. The molecule has 0 spiro atoms. The summed E-state index contributed by atoms with van der Waals surface area (Å²) in [6, 6.07) is 8.01. The molecule has 0 bridgehead atoms. The van der Waals surface area contributed by atoms with Gasteiger partial charge >= 0.3 is 0 Å². The van der Waals surface area contributed by atoms with E-state index in [-0.39, 0.29) is 17.8 Å². The molecule has 0 unspecified atom stereocenters. The fourth-order valence-corrected chi connectivity index (χ4v) is 3.68. The minimum Gasteiger partial charge on any atom is -0.376 e. The smallest absolute Gasteiger partial charge is 0.230 e. The lowest BCUT2D eigenvalue weighted by Crippen LogP contribution is -2.32. The topological polar surface area (TPSA) is 81.9 Å². The van der Waals surface area contributed by atoms with Crippen molar-refractivity contribution in [2.75, 3.05) is 18.9 Å². The molecule has 2 aromatic heterocycles. The van der Waals surface area contributed by atoms with E-state index in [9.17, 15) is 4.79 Å². The van der Waals surface area contributed by atoms with Gasteiger partial charge in [0.15, 0.2) is 5.65 Å². The first-order valence-corrected chi connectivity index (χ1v) is 9.30. The van der Waals surface area contributed by atoms with Crippen molar-refractivity contribution in [2.24, 2.45) is 7.05 Å². The van der Waals surface area contributed by atoms with E-state index in [1.807, 2.05) is 35.9 Å². The van der Waals surface area contributed by atoms with E-state index in [0.717, 1.165) is 41.5 Å². The normalized spacial score (nSPS) is 17.4. The fourth-order valence-electron chi connectivity index (χ4n) is 3.07. The molecule has 3 aromatic rings. The number of rotatable bonds is 5. The Morgan fingerprint density at radius 3 is 3.12 bits per heavy atom. The number of amides is 1. The number of para-hydroxylation sites is 1. The van der Waals surface area contributed by atoms with E-state index >= 15 is 0 Å². The van der Waals surface area contributed by atoms with E-state index in [1.54, 1.807) is 0 Å². The van der Waals surface area contributed by atoms with Crippen LogP contribution in [0.2, 0.25) is 0 Å². The average molecular weight is 357 g/mol. The molecule has 0 saturated carbocycles. The highest BCUT2D eigenvalue weighted by atomic mass is 32.2. The Morgan fingerprint density at radius 1 is 1.40 bits per heavy atom. The van der Waals surface area contributed by atoms with E-state index in [1.165, 1.54) is 11.8 Å². The zero-order valence-corrected chi connectivity index (χ0v) is 14.8. The van der Waals surface area contributed by atoms with Gasteiger partial charge in [0.25, 0.3) is 0 Å². The van der Waals surface area contributed by atoms with Gasteiger partial charge in [0.1, 0.15) is 5.52 Å². The molecule has 0 radical (unpaired) electrons. The molecule has 1 aromatic carbocycles. The minimum absolute atomic E-state index is 0.0405. The van der Waals surface area contributed by atoms with Crippen molar-refractivity contribution < 1.29 is 9.53 Å². The van der Waals surface area contributed by atoms with Crippen molar-refractivity contribution in [1.29, 1.82) is 0 Å². The minimum atomic E-state index is -0.0405. The number of fused-ring (bicyclic) bond motifs is 3. The van der Waals surface area contributed by atoms with Gasteiger partial charge in [0, 0.05) is 25.6 Å². The third-order valence-electron chi connectivity index (χ3n) is 4.37. The number of carbonyl (C=O) groups excluding carboxylic acids is 1. The van der Waals surface area contributed by atoms with Gasteiger partial charge in [0.2, 0.25) is 11.1 Å². The van der Waals surface area contributed by atoms with Gasteiger partial charge in [-0.1, -0.05) is 30.0 Å². The summed E-state index contributed by atoms with van der Waals surface area (Å²) in [5.74, 6) is 0.227. The Labute approximate surface area is 149 Å². The van der Waals surface area contributed by atoms with Crippen LogP contribution in [-0.2, 0) is 16.6 Å². The first-order valence-electron chi connectivity index (χ1n) is 8.31. The highest BCUT2D eigenvalue weighted by molar-refractivity contribution is 7.99. The molecule has 3 heterocycles. The highest BCUT2D eigenvalue weighted by Crippen LogP contribution is 2.25.